The Kier molecular flexibility index (Phi) is 9.95. The van der Waals surface area contributed by atoms with Gasteiger partial charge in [-0.3, -0.25) is 0 Å². The number of rotatable bonds is 11. The summed E-state index contributed by atoms with van der Waals surface area (Å²) in [6, 6.07) is 4.53. The first-order chi connectivity index (χ1) is 14.7. The molecule has 0 N–H and O–H groups in total. The first-order valence-corrected chi connectivity index (χ1v) is 12.4. The van der Waals surface area contributed by atoms with E-state index in [1.807, 2.05) is 23.9 Å². The van der Waals surface area contributed by atoms with Crippen LogP contribution in [-0.2, 0) is 10.2 Å². The summed E-state index contributed by atoms with van der Waals surface area (Å²) in [7, 11) is 0. The lowest BCUT2D eigenvalue weighted by molar-refractivity contribution is -0.297. The number of fused-ring (bicyclic) bond motifs is 1. The standard InChI is InChI=1S/C27H38O3S/c1-6-7-8-9-10-15-30-24-19-25-23(27(4,5)14-16-31-25)18-22(24)21(3)13-11-12-20(2)17-26(28)29/h11-13,17-19H,6-10,14-16H2,1-5H3,(H,28,29)/p-1/b12-11+,20-17+,21-13+. The quantitative estimate of drug-likeness (QED) is 0.224. The van der Waals surface area contributed by atoms with Crippen LogP contribution in [0.2, 0.25) is 0 Å². The molecule has 1 aliphatic rings. The zero-order valence-electron chi connectivity index (χ0n) is 19.8. The molecular formula is C27H37O3S-. The van der Waals surface area contributed by atoms with Crippen molar-refractivity contribution in [2.75, 3.05) is 12.4 Å². The Hall–Kier alpha value is -1.94. The lowest BCUT2D eigenvalue weighted by atomic mass is 9.80. The van der Waals surface area contributed by atoms with Crippen LogP contribution >= 0.6 is 11.8 Å². The zero-order chi connectivity index (χ0) is 22.9. The van der Waals surface area contributed by atoms with Crippen molar-refractivity contribution in [2.45, 2.75) is 83.5 Å². The number of benzene rings is 1. The van der Waals surface area contributed by atoms with E-state index in [2.05, 4.69) is 39.8 Å². The summed E-state index contributed by atoms with van der Waals surface area (Å²) in [5, 5.41) is 10.7. The number of hydrogen-bond acceptors (Lipinski definition) is 4. The Morgan fingerprint density at radius 1 is 1.19 bits per heavy atom. The van der Waals surface area contributed by atoms with E-state index in [1.165, 1.54) is 36.1 Å². The number of thioether (sulfide) groups is 1. The van der Waals surface area contributed by atoms with Gasteiger partial charge in [-0.2, -0.15) is 0 Å². The van der Waals surface area contributed by atoms with E-state index in [1.54, 1.807) is 13.0 Å². The summed E-state index contributed by atoms with van der Waals surface area (Å²) in [6.45, 7) is 11.4. The van der Waals surface area contributed by atoms with Crippen molar-refractivity contribution >= 4 is 23.3 Å². The predicted molar refractivity (Wildman–Crippen MR) is 131 cm³/mol. The second kappa shape index (κ2) is 12.2. The van der Waals surface area contributed by atoms with Crippen LogP contribution in [0.3, 0.4) is 0 Å². The minimum absolute atomic E-state index is 0.151. The topological polar surface area (TPSA) is 49.4 Å². The predicted octanol–water partition coefficient (Wildman–Crippen LogP) is 6.46. The Labute approximate surface area is 192 Å². The summed E-state index contributed by atoms with van der Waals surface area (Å²) in [5.41, 5.74) is 4.41. The third-order valence-electron chi connectivity index (χ3n) is 5.78. The first-order valence-electron chi connectivity index (χ1n) is 11.4. The number of aliphatic carboxylic acids is 1. The monoisotopic (exact) mass is 441 g/mol. The highest BCUT2D eigenvalue weighted by Gasteiger charge is 2.29. The number of hydrogen-bond donors (Lipinski definition) is 0. The molecule has 4 heteroatoms. The molecule has 0 saturated heterocycles. The van der Waals surface area contributed by atoms with Crippen LogP contribution in [0.5, 0.6) is 5.75 Å². The molecule has 0 aliphatic carbocycles. The molecule has 0 fully saturated rings. The second-order valence-electron chi connectivity index (χ2n) is 9.01. The highest BCUT2D eigenvalue weighted by molar-refractivity contribution is 7.99. The Morgan fingerprint density at radius 3 is 2.65 bits per heavy atom. The van der Waals surface area contributed by atoms with Gasteiger partial charge in [0.25, 0.3) is 0 Å². The van der Waals surface area contributed by atoms with Crippen molar-refractivity contribution in [1.29, 1.82) is 0 Å². The molecule has 0 bridgehead atoms. The minimum Gasteiger partial charge on any atom is -0.545 e. The lowest BCUT2D eigenvalue weighted by Gasteiger charge is -2.33. The molecule has 0 unspecified atom stereocenters. The molecule has 31 heavy (non-hydrogen) atoms. The van der Waals surface area contributed by atoms with Gasteiger partial charge in [-0.1, -0.05) is 64.7 Å². The maximum atomic E-state index is 10.7. The van der Waals surface area contributed by atoms with Crippen LogP contribution in [0.15, 0.2) is 46.9 Å². The molecule has 0 amide bonds. The smallest absolute Gasteiger partial charge is 0.127 e. The molecule has 0 aromatic heterocycles. The van der Waals surface area contributed by atoms with Gasteiger partial charge in [-0.05, 0) is 72.8 Å². The molecule has 170 valence electrons. The van der Waals surface area contributed by atoms with Crippen LogP contribution < -0.4 is 9.84 Å². The van der Waals surface area contributed by atoms with Gasteiger partial charge in [0, 0.05) is 10.5 Å². The molecule has 0 atom stereocenters. The number of allylic oxidation sites excluding steroid dienone is 5. The normalized spacial score (nSPS) is 16.4. The van der Waals surface area contributed by atoms with E-state index in [9.17, 15) is 9.90 Å². The zero-order valence-corrected chi connectivity index (χ0v) is 20.6. The van der Waals surface area contributed by atoms with Crippen molar-refractivity contribution in [1.82, 2.24) is 0 Å². The van der Waals surface area contributed by atoms with E-state index in [0.717, 1.165) is 48.2 Å². The lowest BCUT2D eigenvalue weighted by Crippen LogP contribution is -2.23. The molecule has 1 aliphatic heterocycles. The van der Waals surface area contributed by atoms with E-state index in [0.29, 0.717) is 5.57 Å². The highest BCUT2D eigenvalue weighted by Crippen LogP contribution is 2.45. The van der Waals surface area contributed by atoms with Crippen molar-refractivity contribution in [3.63, 3.8) is 0 Å². The van der Waals surface area contributed by atoms with Gasteiger partial charge >= 0.3 is 0 Å². The number of carboxylic acids is 1. The molecule has 0 radical (unpaired) electrons. The molecule has 0 spiro atoms. The van der Waals surface area contributed by atoms with E-state index in [-0.39, 0.29) is 5.41 Å². The third kappa shape index (κ3) is 7.92. The largest absolute Gasteiger partial charge is 0.545 e. The number of carboxylic acid groups (broad SMARTS) is 1. The SMILES string of the molecule is CCCCCCCOc1cc2c(cc1/C(C)=C/C=C/C(C)=C/C(=O)[O-])C(C)(C)CCS2. The summed E-state index contributed by atoms with van der Waals surface area (Å²) in [5.74, 6) is 0.910. The van der Waals surface area contributed by atoms with Gasteiger partial charge < -0.3 is 14.6 Å². The Balaban J connectivity index is 2.28. The molecule has 2 rings (SSSR count). The van der Waals surface area contributed by atoms with Crippen LogP contribution in [0.1, 0.15) is 84.3 Å². The summed E-state index contributed by atoms with van der Waals surface area (Å²) in [6.07, 6.45) is 14.0. The minimum atomic E-state index is -1.17. The average molecular weight is 442 g/mol. The number of ether oxygens (including phenoxy) is 1. The van der Waals surface area contributed by atoms with Crippen LogP contribution in [-0.4, -0.2) is 18.3 Å². The fraction of sp³-hybridized carbons (Fsp3) is 0.519. The van der Waals surface area contributed by atoms with Crippen molar-refractivity contribution in [3.8, 4) is 5.75 Å². The van der Waals surface area contributed by atoms with E-state index >= 15 is 0 Å². The second-order valence-corrected chi connectivity index (χ2v) is 10.1. The summed E-state index contributed by atoms with van der Waals surface area (Å²) in [4.78, 5) is 12.0. The number of carbonyl (C=O) groups is 1. The van der Waals surface area contributed by atoms with Gasteiger partial charge in [0.2, 0.25) is 0 Å². The maximum Gasteiger partial charge on any atom is 0.127 e. The van der Waals surface area contributed by atoms with Crippen LogP contribution in [0, 0.1) is 0 Å². The van der Waals surface area contributed by atoms with E-state index < -0.39 is 5.97 Å². The van der Waals surface area contributed by atoms with Gasteiger partial charge in [0.1, 0.15) is 5.75 Å². The Bertz CT molecular complexity index is 846. The molecule has 1 heterocycles. The van der Waals surface area contributed by atoms with Gasteiger partial charge in [-0.15, -0.1) is 11.8 Å². The van der Waals surface area contributed by atoms with Gasteiger partial charge in [-0.25, -0.2) is 0 Å². The molecular weight excluding hydrogens is 404 g/mol. The number of carbonyl (C=O) groups excluding carboxylic acids is 1. The summed E-state index contributed by atoms with van der Waals surface area (Å²) >= 11 is 1.92. The number of unbranched alkanes of at least 4 members (excludes halogenated alkanes) is 4. The molecule has 1 aromatic rings. The summed E-state index contributed by atoms with van der Waals surface area (Å²) < 4.78 is 6.28. The van der Waals surface area contributed by atoms with Crippen LogP contribution in [0.4, 0.5) is 0 Å². The first kappa shape index (κ1) is 25.3. The van der Waals surface area contributed by atoms with Crippen LogP contribution in [0.25, 0.3) is 5.57 Å². The third-order valence-corrected chi connectivity index (χ3v) is 6.83. The molecule has 0 saturated carbocycles. The van der Waals surface area contributed by atoms with Crippen molar-refractivity contribution in [2.24, 2.45) is 0 Å². The average Bonchev–Trinajstić information content (AvgIpc) is 2.69. The molecule has 1 aromatic carbocycles. The van der Waals surface area contributed by atoms with Gasteiger partial charge in [0.05, 0.1) is 12.6 Å². The highest BCUT2D eigenvalue weighted by atomic mass is 32.2. The van der Waals surface area contributed by atoms with Crippen molar-refractivity contribution in [3.05, 3.63) is 53.1 Å². The molecule has 3 nitrogen and oxygen atoms in total. The fourth-order valence-electron chi connectivity index (χ4n) is 3.74. The van der Waals surface area contributed by atoms with Gasteiger partial charge in [0.15, 0.2) is 0 Å². The maximum absolute atomic E-state index is 10.7. The Morgan fingerprint density at radius 2 is 1.94 bits per heavy atom. The van der Waals surface area contributed by atoms with Crippen molar-refractivity contribution < 1.29 is 14.6 Å². The fourth-order valence-corrected chi connectivity index (χ4v) is 5.26. The van der Waals surface area contributed by atoms with E-state index in [4.69, 9.17) is 4.74 Å².